The molecule has 49 heavy (non-hydrogen) atoms. The van der Waals surface area contributed by atoms with E-state index in [-0.39, 0.29) is 34.5 Å². The Hall–Kier alpha value is -4.63. The highest BCUT2D eigenvalue weighted by molar-refractivity contribution is 8.01. The molecule has 0 radical (unpaired) electrons. The van der Waals surface area contributed by atoms with Gasteiger partial charge < -0.3 is 33.3 Å². The van der Waals surface area contributed by atoms with Gasteiger partial charge in [-0.15, -0.1) is 34.9 Å². The van der Waals surface area contributed by atoms with Crippen LogP contribution in [0, 0.1) is 0 Å². The summed E-state index contributed by atoms with van der Waals surface area (Å²) in [6.45, 7) is 0. The highest BCUT2D eigenvalue weighted by atomic mass is 35.5. The third-order valence-electron chi connectivity index (χ3n) is 7.63. The number of aromatic nitrogens is 2. The summed E-state index contributed by atoms with van der Waals surface area (Å²) in [6.07, 6.45) is 3.86. The number of ether oxygens (including phenoxy) is 1. The molecule has 0 bridgehead atoms. The van der Waals surface area contributed by atoms with E-state index >= 15 is 0 Å². The van der Waals surface area contributed by atoms with Crippen molar-refractivity contribution < 1.29 is 46.0 Å². The number of carboxylic acids is 1. The largest absolute Gasteiger partial charge is 1.00 e. The summed E-state index contributed by atoms with van der Waals surface area (Å²) in [5.74, 6) is -2.48. The van der Waals surface area contributed by atoms with E-state index in [9.17, 15) is 24.3 Å². The van der Waals surface area contributed by atoms with Crippen molar-refractivity contribution in [2.45, 2.75) is 22.4 Å². The number of hydrogen-bond acceptors (Lipinski definition) is 10. The molecule has 2 aromatic carbocycles. The van der Waals surface area contributed by atoms with Crippen LogP contribution < -0.4 is 28.0 Å². The summed E-state index contributed by atoms with van der Waals surface area (Å²) < 4.78 is 8.15. The lowest BCUT2D eigenvalue weighted by atomic mass is 10.0. The van der Waals surface area contributed by atoms with Crippen LogP contribution in [0.5, 0.6) is 0 Å². The number of carboxylic acid groups (broad SMARTS) is 1. The lowest BCUT2D eigenvalue weighted by Gasteiger charge is -2.50. The van der Waals surface area contributed by atoms with Crippen molar-refractivity contribution in [2.75, 3.05) is 17.2 Å². The Kier molecular flexibility index (Phi) is 11.4. The van der Waals surface area contributed by atoms with E-state index in [0.717, 1.165) is 39.0 Å². The van der Waals surface area contributed by atoms with Gasteiger partial charge in [0, 0.05) is 40.0 Å². The number of carbonyl (C=O) groups is 4. The number of aryl methyl sites for hydroxylation is 1. The molecule has 2 aliphatic heterocycles. The van der Waals surface area contributed by atoms with Crippen molar-refractivity contribution in [3.8, 4) is 0 Å². The minimum atomic E-state index is -1.35. The highest BCUT2D eigenvalue weighted by Crippen LogP contribution is 2.43. The highest BCUT2D eigenvalue weighted by Gasteiger charge is 2.54. The standard InChI is InChI=1S/C34H29N5O6S3.ClH/c1-38-14-12-23(13-15-38)46-17-22-18-47-32-27(37-30(42)24(16-26(40)41)25-19-48-34(35)36-25)31(43)39(32)28(22)33(44)45-29(20-8-4-2-5-9-20)21-10-6-3-7-11-21;/h2-16,19,27,29,32H,17-18H2,1H3,(H3-,35,36,37,40,41,42);1H/t27?,32-;/m1./s1. The maximum absolute atomic E-state index is 14.2. The molecule has 2 atom stereocenters. The summed E-state index contributed by atoms with van der Waals surface area (Å²) in [5.41, 5.74) is 7.98. The van der Waals surface area contributed by atoms with E-state index in [1.165, 1.54) is 33.8 Å². The number of esters is 1. The van der Waals surface area contributed by atoms with E-state index in [4.69, 9.17) is 10.5 Å². The van der Waals surface area contributed by atoms with Gasteiger partial charge in [-0.3, -0.25) is 14.5 Å². The fourth-order valence-electron chi connectivity index (χ4n) is 5.29. The van der Waals surface area contributed by atoms with Crippen molar-refractivity contribution >= 4 is 69.3 Å². The van der Waals surface area contributed by atoms with Gasteiger partial charge in [0.2, 0.25) is 0 Å². The molecule has 4 heterocycles. The number of fused-ring (bicyclic) bond motifs is 1. The molecule has 4 N–H and O–H groups in total. The molecule has 0 aliphatic carbocycles. The van der Waals surface area contributed by atoms with E-state index in [0.29, 0.717) is 11.5 Å². The second-order valence-electron chi connectivity index (χ2n) is 10.9. The molecule has 1 saturated heterocycles. The number of nitrogens with one attached hydrogen (secondary N) is 1. The molecule has 1 unspecified atom stereocenters. The average molecular weight is 736 g/mol. The van der Waals surface area contributed by atoms with E-state index < -0.39 is 41.3 Å². The molecule has 6 rings (SSSR count). The maximum atomic E-state index is 14.2. The number of β-lactam (4-membered cyclic amide) rings is 1. The summed E-state index contributed by atoms with van der Waals surface area (Å²) in [6, 6.07) is 21.7. The topological polar surface area (TPSA) is 156 Å². The van der Waals surface area contributed by atoms with Gasteiger partial charge in [0.15, 0.2) is 23.6 Å². The molecular formula is C34H30ClN5O6S3. The predicted octanol–water partition coefficient (Wildman–Crippen LogP) is 0.801. The zero-order valence-corrected chi connectivity index (χ0v) is 29.1. The van der Waals surface area contributed by atoms with Gasteiger partial charge in [-0.2, -0.15) is 0 Å². The van der Waals surface area contributed by atoms with Crippen molar-refractivity contribution in [2.24, 2.45) is 7.05 Å². The van der Waals surface area contributed by atoms with Crippen molar-refractivity contribution in [3.63, 3.8) is 0 Å². The second kappa shape index (κ2) is 15.7. The van der Waals surface area contributed by atoms with Crippen LogP contribution in [0.25, 0.3) is 5.57 Å². The van der Waals surface area contributed by atoms with Gasteiger partial charge in [-0.05, 0) is 16.7 Å². The Labute approximate surface area is 300 Å². The Morgan fingerprint density at radius 1 is 1.10 bits per heavy atom. The third-order valence-corrected chi connectivity index (χ3v) is 10.7. The van der Waals surface area contributed by atoms with Crippen LogP contribution in [-0.4, -0.2) is 61.7 Å². The zero-order valence-electron chi connectivity index (χ0n) is 25.9. The number of rotatable bonds is 11. The Bertz CT molecular complexity index is 1880. The van der Waals surface area contributed by atoms with E-state index in [2.05, 4.69) is 10.3 Å². The number of hydrogen-bond donors (Lipinski definition) is 3. The molecule has 2 aromatic heterocycles. The van der Waals surface area contributed by atoms with Crippen molar-refractivity contribution in [1.29, 1.82) is 0 Å². The molecule has 252 valence electrons. The molecule has 0 spiro atoms. The smallest absolute Gasteiger partial charge is 0.356 e. The lowest BCUT2D eigenvalue weighted by Crippen LogP contribution is -3.00. The molecule has 2 aliphatic rings. The summed E-state index contributed by atoms with van der Waals surface area (Å²) in [4.78, 5) is 59.3. The Morgan fingerprint density at radius 3 is 2.31 bits per heavy atom. The number of thioether (sulfide) groups is 2. The predicted molar refractivity (Wildman–Crippen MR) is 183 cm³/mol. The van der Waals surface area contributed by atoms with Crippen molar-refractivity contribution in [1.82, 2.24) is 15.2 Å². The second-order valence-corrected chi connectivity index (χ2v) is 13.9. The van der Waals surface area contributed by atoms with Crippen LogP contribution in [0.4, 0.5) is 5.13 Å². The third kappa shape index (κ3) is 7.99. The SMILES string of the molecule is C[n+]1ccc(SCC2=C(C(=O)OC(c3ccccc3)c3ccccc3)N3C(=O)C(NC(=O)C(=CC(=O)O)c4csc(N)n4)[C@H]3SC2)cc1.[Cl-]. The molecule has 2 amide bonds. The molecule has 11 nitrogen and oxygen atoms in total. The minimum Gasteiger partial charge on any atom is -1.00 e. The Balaban J connectivity index is 0.00000468. The van der Waals surface area contributed by atoms with Gasteiger partial charge in [-0.25, -0.2) is 19.1 Å². The summed E-state index contributed by atoms with van der Waals surface area (Å²) in [7, 11) is 1.93. The maximum Gasteiger partial charge on any atom is 0.356 e. The number of thiazole rings is 1. The van der Waals surface area contributed by atoms with Crippen LogP contribution >= 0.6 is 34.9 Å². The summed E-state index contributed by atoms with van der Waals surface area (Å²) >= 11 is 4.00. The molecular weight excluding hydrogens is 706 g/mol. The van der Waals surface area contributed by atoms with Crippen LogP contribution in [0.3, 0.4) is 0 Å². The number of nitrogens with two attached hydrogens (primary N) is 1. The normalized spacial score (nSPS) is 17.1. The van der Waals surface area contributed by atoms with Gasteiger partial charge in [0.05, 0.1) is 11.3 Å². The molecule has 15 heteroatoms. The number of amides is 2. The first-order valence-corrected chi connectivity index (χ1v) is 17.6. The van der Waals surface area contributed by atoms with Crippen LogP contribution in [0.15, 0.2) is 113 Å². The number of carbonyl (C=O) groups excluding carboxylic acids is 3. The fraction of sp³-hybridized carbons (Fsp3) is 0.176. The average Bonchev–Trinajstić information content (AvgIpc) is 3.53. The first kappa shape index (κ1) is 35.7. The molecule has 4 aromatic rings. The number of nitrogens with zero attached hydrogens (tertiary/aromatic N) is 3. The molecule has 1 fully saturated rings. The van der Waals surface area contributed by atoms with E-state index in [1.807, 2.05) is 96.8 Å². The van der Waals surface area contributed by atoms with Gasteiger partial charge in [-0.1, -0.05) is 60.7 Å². The first-order chi connectivity index (χ1) is 23.2. The monoisotopic (exact) mass is 735 g/mol. The molecule has 0 saturated carbocycles. The number of pyridine rings is 1. The van der Waals surface area contributed by atoms with Crippen LogP contribution in [-0.2, 0) is 31.0 Å². The van der Waals surface area contributed by atoms with Crippen molar-refractivity contribution in [3.05, 3.63) is 125 Å². The van der Waals surface area contributed by atoms with Crippen LogP contribution in [0.1, 0.15) is 22.9 Å². The first-order valence-electron chi connectivity index (χ1n) is 14.7. The van der Waals surface area contributed by atoms with E-state index in [1.54, 1.807) is 0 Å². The number of benzene rings is 2. The minimum absolute atomic E-state index is 0. The fourth-order valence-corrected chi connectivity index (χ4v) is 8.23. The Morgan fingerprint density at radius 2 is 1.73 bits per heavy atom. The van der Waals surface area contributed by atoms with Crippen LogP contribution in [0.2, 0.25) is 0 Å². The van der Waals surface area contributed by atoms with Gasteiger partial charge >= 0.3 is 11.9 Å². The number of halogens is 1. The van der Waals surface area contributed by atoms with Gasteiger partial charge in [0.25, 0.3) is 11.8 Å². The zero-order chi connectivity index (χ0) is 33.8. The number of aliphatic carboxylic acids is 1. The quantitative estimate of drug-likeness (QED) is 0.0663. The summed E-state index contributed by atoms with van der Waals surface area (Å²) in [5, 5.41) is 13.1. The number of nitrogen functional groups attached to an aromatic ring is 1. The van der Waals surface area contributed by atoms with Gasteiger partial charge in [0.1, 0.15) is 24.2 Å². The lowest BCUT2D eigenvalue weighted by molar-refractivity contribution is -0.671. The number of anilines is 1.